The van der Waals surface area contributed by atoms with E-state index in [4.69, 9.17) is 14.2 Å². The molecule has 0 amide bonds. The Morgan fingerprint density at radius 2 is 2.00 bits per heavy atom. The average molecular weight is 360 g/mol. The number of thiazole rings is 1. The van der Waals surface area contributed by atoms with E-state index in [0.29, 0.717) is 22.2 Å². The quantitative estimate of drug-likeness (QED) is 0.626. The van der Waals surface area contributed by atoms with Crippen LogP contribution in [0.5, 0.6) is 11.5 Å². The zero-order chi connectivity index (χ0) is 17.8. The Labute approximate surface area is 147 Å². The lowest BCUT2D eigenvalue weighted by Gasteiger charge is -2.09. The normalized spacial score (nSPS) is 10.6. The van der Waals surface area contributed by atoms with Crippen LogP contribution in [0.2, 0.25) is 0 Å². The lowest BCUT2D eigenvalue weighted by Crippen LogP contribution is -2.15. The molecular weight excluding hydrogens is 344 g/mol. The number of methoxy groups -OCH3 is 2. The van der Waals surface area contributed by atoms with Crippen molar-refractivity contribution in [3.8, 4) is 11.5 Å². The highest BCUT2D eigenvalue weighted by molar-refractivity contribution is 7.15. The van der Waals surface area contributed by atoms with Crippen molar-refractivity contribution in [2.24, 2.45) is 0 Å². The third kappa shape index (κ3) is 3.80. The first-order valence-corrected chi connectivity index (χ1v) is 8.31. The minimum Gasteiger partial charge on any atom is -0.493 e. The molecule has 0 spiro atoms. The highest BCUT2D eigenvalue weighted by Gasteiger charge is 2.11. The zero-order valence-electron chi connectivity index (χ0n) is 13.7. The van der Waals surface area contributed by atoms with Crippen molar-refractivity contribution >= 4 is 22.3 Å². The zero-order valence-corrected chi connectivity index (χ0v) is 14.5. The maximum atomic E-state index is 12.0. The molecule has 8 heteroatoms. The van der Waals surface area contributed by atoms with Crippen LogP contribution in [0.15, 0.2) is 40.6 Å². The second-order valence-electron chi connectivity index (χ2n) is 5.17. The topological polar surface area (TPSA) is 79.1 Å². The Morgan fingerprint density at radius 1 is 1.20 bits per heavy atom. The molecule has 0 radical (unpaired) electrons. The van der Waals surface area contributed by atoms with E-state index in [2.05, 4.69) is 4.98 Å². The van der Waals surface area contributed by atoms with Crippen molar-refractivity contribution in [1.29, 1.82) is 0 Å². The number of ether oxygens (including phenoxy) is 3. The molecule has 0 bridgehead atoms. The summed E-state index contributed by atoms with van der Waals surface area (Å²) in [6, 6.07) is 6.59. The number of carbonyl (C=O) groups is 1. The third-order valence-electron chi connectivity index (χ3n) is 3.53. The minimum absolute atomic E-state index is 0.0459. The van der Waals surface area contributed by atoms with E-state index >= 15 is 0 Å². The van der Waals surface area contributed by atoms with Gasteiger partial charge in [-0.05, 0) is 17.7 Å². The van der Waals surface area contributed by atoms with Crippen molar-refractivity contribution in [2.45, 2.75) is 13.0 Å². The highest BCUT2D eigenvalue weighted by atomic mass is 32.1. The lowest BCUT2D eigenvalue weighted by atomic mass is 10.1. The summed E-state index contributed by atoms with van der Waals surface area (Å²) in [6.07, 6.45) is 1.74. The first kappa shape index (κ1) is 17.0. The molecule has 0 aliphatic heterocycles. The maximum Gasteiger partial charge on any atom is 0.310 e. The Balaban J connectivity index is 1.65. The Bertz CT molecular complexity index is 963. The largest absolute Gasteiger partial charge is 0.493 e. The molecule has 0 saturated carbocycles. The molecule has 0 aliphatic carbocycles. The van der Waals surface area contributed by atoms with E-state index in [1.807, 2.05) is 0 Å². The van der Waals surface area contributed by atoms with E-state index in [-0.39, 0.29) is 18.6 Å². The van der Waals surface area contributed by atoms with Gasteiger partial charge in [0.1, 0.15) is 6.61 Å². The molecule has 2 heterocycles. The summed E-state index contributed by atoms with van der Waals surface area (Å²) in [7, 11) is 3.08. The van der Waals surface area contributed by atoms with Gasteiger partial charge in [-0.3, -0.25) is 14.0 Å². The molecule has 0 N–H and O–H groups in total. The molecule has 3 rings (SSSR count). The molecule has 0 fully saturated rings. The summed E-state index contributed by atoms with van der Waals surface area (Å²) < 4.78 is 17.0. The second-order valence-corrected chi connectivity index (χ2v) is 6.04. The number of esters is 1. The molecule has 0 atom stereocenters. The fourth-order valence-corrected chi connectivity index (χ4v) is 3.06. The summed E-state index contributed by atoms with van der Waals surface area (Å²) in [5, 5.41) is 1.77. The number of hydrogen-bond donors (Lipinski definition) is 0. The summed E-state index contributed by atoms with van der Waals surface area (Å²) in [5.41, 5.74) is 0.967. The van der Waals surface area contributed by atoms with Crippen molar-refractivity contribution in [3.63, 3.8) is 0 Å². The molecule has 0 aliphatic rings. The van der Waals surface area contributed by atoms with Crippen molar-refractivity contribution in [3.05, 3.63) is 57.5 Å². The Kier molecular flexibility index (Phi) is 4.99. The number of benzene rings is 1. The molecule has 130 valence electrons. The molecule has 25 heavy (non-hydrogen) atoms. The number of rotatable bonds is 6. The van der Waals surface area contributed by atoms with Gasteiger partial charge < -0.3 is 14.2 Å². The number of carbonyl (C=O) groups excluding carboxylic acids is 1. The molecular formula is C17H16N2O5S. The molecule has 1 aromatic carbocycles. The predicted octanol–water partition coefficient (Wildman–Crippen LogP) is 2.06. The van der Waals surface area contributed by atoms with Crippen molar-refractivity contribution < 1.29 is 19.0 Å². The minimum atomic E-state index is -0.416. The summed E-state index contributed by atoms with van der Waals surface area (Å²) in [5.74, 6) is 0.722. The predicted molar refractivity (Wildman–Crippen MR) is 92.4 cm³/mol. The van der Waals surface area contributed by atoms with Crippen LogP contribution < -0.4 is 15.0 Å². The number of fused-ring (bicyclic) bond motifs is 1. The SMILES string of the molecule is COc1ccc(CC(=O)OCc2cc(=O)n3ccsc3n2)cc1OC. The molecule has 0 unspecified atom stereocenters. The standard InChI is InChI=1S/C17H16N2O5S/c1-22-13-4-3-11(7-14(13)23-2)8-16(21)24-10-12-9-15(20)19-5-6-25-17(19)18-12/h3-7,9H,8,10H2,1-2H3. The van der Waals surface area contributed by atoms with Gasteiger partial charge in [-0.1, -0.05) is 6.07 Å². The Morgan fingerprint density at radius 3 is 2.76 bits per heavy atom. The van der Waals surface area contributed by atoms with Gasteiger partial charge in [-0.15, -0.1) is 11.3 Å². The van der Waals surface area contributed by atoms with Gasteiger partial charge >= 0.3 is 5.97 Å². The summed E-state index contributed by atoms with van der Waals surface area (Å²) >= 11 is 1.35. The van der Waals surface area contributed by atoms with Gasteiger partial charge in [-0.2, -0.15) is 0 Å². The van der Waals surface area contributed by atoms with Gasteiger partial charge in [0.2, 0.25) is 0 Å². The van der Waals surface area contributed by atoms with Gasteiger partial charge in [0, 0.05) is 17.6 Å². The molecule has 7 nitrogen and oxygen atoms in total. The van der Waals surface area contributed by atoms with E-state index in [1.165, 1.54) is 28.9 Å². The summed E-state index contributed by atoms with van der Waals surface area (Å²) in [4.78, 5) is 28.8. The second kappa shape index (κ2) is 7.35. The van der Waals surface area contributed by atoms with Crippen LogP contribution in [0, 0.1) is 0 Å². The van der Waals surface area contributed by atoms with Gasteiger partial charge in [-0.25, -0.2) is 4.98 Å². The highest BCUT2D eigenvalue weighted by Crippen LogP contribution is 2.27. The fraction of sp³-hybridized carbons (Fsp3) is 0.235. The monoisotopic (exact) mass is 360 g/mol. The molecule has 3 aromatic rings. The van der Waals surface area contributed by atoms with Crippen molar-refractivity contribution in [1.82, 2.24) is 9.38 Å². The molecule has 0 saturated heterocycles. The van der Waals surface area contributed by atoms with Gasteiger partial charge in [0.25, 0.3) is 5.56 Å². The van der Waals surface area contributed by atoms with Crippen LogP contribution in [0.4, 0.5) is 0 Å². The van der Waals surface area contributed by atoms with Crippen LogP contribution in [-0.2, 0) is 22.6 Å². The number of nitrogens with zero attached hydrogens (tertiary/aromatic N) is 2. The fourth-order valence-electron chi connectivity index (χ4n) is 2.32. The summed E-state index contributed by atoms with van der Waals surface area (Å²) in [6.45, 7) is -0.0459. The maximum absolute atomic E-state index is 12.0. The van der Waals surface area contributed by atoms with Crippen LogP contribution in [-0.4, -0.2) is 29.6 Å². The van der Waals surface area contributed by atoms with Crippen LogP contribution in [0.1, 0.15) is 11.3 Å². The van der Waals surface area contributed by atoms with Crippen LogP contribution in [0.25, 0.3) is 4.96 Å². The smallest absolute Gasteiger partial charge is 0.310 e. The van der Waals surface area contributed by atoms with Crippen LogP contribution in [0.3, 0.4) is 0 Å². The first-order valence-electron chi connectivity index (χ1n) is 7.43. The number of hydrogen-bond acceptors (Lipinski definition) is 7. The van der Waals surface area contributed by atoms with Gasteiger partial charge in [0.15, 0.2) is 16.5 Å². The first-order chi connectivity index (χ1) is 12.1. The van der Waals surface area contributed by atoms with E-state index < -0.39 is 5.97 Å². The molecule has 2 aromatic heterocycles. The van der Waals surface area contributed by atoms with Gasteiger partial charge in [0.05, 0.1) is 26.3 Å². The lowest BCUT2D eigenvalue weighted by molar-refractivity contribution is -0.144. The van der Waals surface area contributed by atoms with E-state index in [1.54, 1.807) is 36.9 Å². The van der Waals surface area contributed by atoms with Crippen LogP contribution >= 0.6 is 11.3 Å². The van der Waals surface area contributed by atoms with E-state index in [0.717, 1.165) is 5.56 Å². The Hall–Kier alpha value is -2.87. The third-order valence-corrected chi connectivity index (χ3v) is 4.29. The number of aromatic nitrogens is 2. The average Bonchev–Trinajstić information content (AvgIpc) is 3.09. The van der Waals surface area contributed by atoms with E-state index in [9.17, 15) is 9.59 Å². The van der Waals surface area contributed by atoms with Crippen molar-refractivity contribution in [2.75, 3.05) is 14.2 Å².